The first kappa shape index (κ1) is 17.6. The van der Waals surface area contributed by atoms with Gasteiger partial charge in [0.25, 0.3) is 0 Å². The van der Waals surface area contributed by atoms with Crippen LogP contribution < -0.4 is 20.7 Å². The third-order valence-electron chi connectivity index (χ3n) is 3.49. The SMILES string of the molecule is CCNC(=NCc1ccc(OC)cc1)NCCN1C(=O)CNC1=O. The van der Waals surface area contributed by atoms with Crippen molar-refractivity contribution in [2.75, 3.05) is 33.3 Å². The minimum Gasteiger partial charge on any atom is -0.497 e. The number of hydrogen-bond acceptors (Lipinski definition) is 4. The fourth-order valence-corrected chi connectivity index (χ4v) is 2.21. The Morgan fingerprint density at radius 3 is 2.62 bits per heavy atom. The van der Waals surface area contributed by atoms with Gasteiger partial charge in [-0.3, -0.25) is 9.69 Å². The molecule has 8 nitrogen and oxygen atoms in total. The fourth-order valence-electron chi connectivity index (χ4n) is 2.21. The number of rotatable bonds is 7. The molecule has 130 valence electrons. The summed E-state index contributed by atoms with van der Waals surface area (Å²) in [6, 6.07) is 7.35. The minimum atomic E-state index is -0.345. The first-order chi connectivity index (χ1) is 11.6. The van der Waals surface area contributed by atoms with Crippen molar-refractivity contribution < 1.29 is 14.3 Å². The number of hydrogen-bond donors (Lipinski definition) is 3. The Bertz CT molecular complexity index is 584. The highest BCUT2D eigenvalue weighted by Crippen LogP contribution is 2.11. The van der Waals surface area contributed by atoms with Crippen molar-refractivity contribution in [3.8, 4) is 5.75 Å². The maximum absolute atomic E-state index is 11.5. The normalized spacial score (nSPS) is 14.6. The average Bonchev–Trinajstić information content (AvgIpc) is 2.92. The Balaban J connectivity index is 1.85. The molecule has 1 aliphatic heterocycles. The average molecular weight is 333 g/mol. The van der Waals surface area contributed by atoms with Crippen LogP contribution in [0.15, 0.2) is 29.3 Å². The molecule has 0 aliphatic carbocycles. The summed E-state index contributed by atoms with van der Waals surface area (Å²) in [5, 5.41) is 8.75. The summed E-state index contributed by atoms with van der Waals surface area (Å²) >= 11 is 0. The number of benzene rings is 1. The summed E-state index contributed by atoms with van der Waals surface area (Å²) in [5.41, 5.74) is 1.06. The Morgan fingerprint density at radius 2 is 2.04 bits per heavy atom. The fraction of sp³-hybridized carbons (Fsp3) is 0.438. The van der Waals surface area contributed by atoms with E-state index in [4.69, 9.17) is 4.74 Å². The van der Waals surface area contributed by atoms with Crippen molar-refractivity contribution in [1.29, 1.82) is 0 Å². The molecule has 0 unspecified atom stereocenters. The molecule has 24 heavy (non-hydrogen) atoms. The van der Waals surface area contributed by atoms with E-state index < -0.39 is 0 Å². The molecular formula is C16H23N5O3. The second-order valence-electron chi connectivity index (χ2n) is 5.17. The predicted octanol–water partition coefficient (Wildman–Crippen LogP) is 0.302. The van der Waals surface area contributed by atoms with Gasteiger partial charge >= 0.3 is 6.03 Å². The Kier molecular flexibility index (Phi) is 6.41. The van der Waals surface area contributed by atoms with E-state index in [0.717, 1.165) is 17.9 Å². The molecule has 3 N–H and O–H groups in total. The van der Waals surface area contributed by atoms with Crippen LogP contribution in [0, 0.1) is 0 Å². The van der Waals surface area contributed by atoms with Crippen LogP contribution in [0.5, 0.6) is 5.75 Å². The molecule has 0 spiro atoms. The van der Waals surface area contributed by atoms with E-state index in [0.29, 0.717) is 25.6 Å². The molecule has 1 aromatic rings. The number of nitrogens with one attached hydrogen (secondary N) is 3. The number of aliphatic imine (C=N–C) groups is 1. The van der Waals surface area contributed by atoms with Gasteiger partial charge in [-0.2, -0.15) is 0 Å². The van der Waals surface area contributed by atoms with Gasteiger partial charge in [0.05, 0.1) is 20.2 Å². The molecule has 0 aromatic heterocycles. The zero-order valence-electron chi connectivity index (χ0n) is 14.0. The molecule has 0 radical (unpaired) electrons. The van der Waals surface area contributed by atoms with Crippen molar-refractivity contribution in [3.05, 3.63) is 29.8 Å². The Morgan fingerprint density at radius 1 is 1.29 bits per heavy atom. The van der Waals surface area contributed by atoms with E-state index in [1.807, 2.05) is 31.2 Å². The summed E-state index contributed by atoms with van der Waals surface area (Å²) in [5.74, 6) is 1.24. The van der Waals surface area contributed by atoms with Crippen LogP contribution in [-0.4, -0.2) is 56.1 Å². The Labute approximate surface area is 141 Å². The van der Waals surface area contributed by atoms with E-state index in [2.05, 4.69) is 20.9 Å². The highest BCUT2D eigenvalue weighted by molar-refractivity contribution is 6.01. The van der Waals surface area contributed by atoms with Crippen molar-refractivity contribution in [3.63, 3.8) is 0 Å². The number of nitrogens with zero attached hydrogens (tertiary/aromatic N) is 2. The van der Waals surface area contributed by atoms with Gasteiger partial charge in [-0.15, -0.1) is 0 Å². The lowest BCUT2D eigenvalue weighted by molar-refractivity contribution is -0.124. The molecule has 1 saturated heterocycles. The van der Waals surface area contributed by atoms with E-state index >= 15 is 0 Å². The minimum absolute atomic E-state index is 0.0739. The second kappa shape index (κ2) is 8.76. The van der Waals surface area contributed by atoms with Gasteiger partial charge < -0.3 is 20.7 Å². The highest BCUT2D eigenvalue weighted by atomic mass is 16.5. The number of guanidine groups is 1. The third kappa shape index (κ3) is 4.87. The molecule has 0 atom stereocenters. The van der Waals surface area contributed by atoms with Crippen LogP contribution >= 0.6 is 0 Å². The van der Waals surface area contributed by atoms with Crippen molar-refractivity contribution in [2.24, 2.45) is 4.99 Å². The molecule has 0 bridgehead atoms. The lowest BCUT2D eigenvalue weighted by atomic mass is 10.2. The standard InChI is InChI=1S/C16H23N5O3/c1-3-17-15(18-8-9-21-14(22)11-20-16(21)23)19-10-12-4-6-13(24-2)7-5-12/h4-7H,3,8-11H2,1-2H3,(H,20,23)(H2,17,18,19). The first-order valence-electron chi connectivity index (χ1n) is 7.87. The van der Waals surface area contributed by atoms with Crippen LogP contribution in [0.4, 0.5) is 4.79 Å². The van der Waals surface area contributed by atoms with E-state index in [-0.39, 0.29) is 18.5 Å². The number of ether oxygens (including phenoxy) is 1. The zero-order chi connectivity index (χ0) is 17.4. The van der Waals surface area contributed by atoms with Crippen LogP contribution in [-0.2, 0) is 11.3 Å². The number of methoxy groups -OCH3 is 1. The first-order valence-corrected chi connectivity index (χ1v) is 7.87. The van der Waals surface area contributed by atoms with Gasteiger partial charge in [-0.1, -0.05) is 12.1 Å². The van der Waals surface area contributed by atoms with Crippen molar-refractivity contribution >= 4 is 17.9 Å². The van der Waals surface area contributed by atoms with E-state index in [1.54, 1.807) is 7.11 Å². The van der Waals surface area contributed by atoms with Crippen molar-refractivity contribution in [2.45, 2.75) is 13.5 Å². The highest BCUT2D eigenvalue weighted by Gasteiger charge is 2.27. The van der Waals surface area contributed by atoms with Gasteiger partial charge in [-0.25, -0.2) is 9.79 Å². The number of imide groups is 1. The summed E-state index contributed by atoms with van der Waals surface area (Å²) in [7, 11) is 1.63. The molecular weight excluding hydrogens is 310 g/mol. The largest absolute Gasteiger partial charge is 0.497 e. The van der Waals surface area contributed by atoms with Crippen LogP contribution in [0.3, 0.4) is 0 Å². The van der Waals surface area contributed by atoms with Crippen LogP contribution in [0.1, 0.15) is 12.5 Å². The maximum Gasteiger partial charge on any atom is 0.324 e. The summed E-state index contributed by atoms with van der Waals surface area (Å²) < 4.78 is 5.13. The van der Waals surface area contributed by atoms with Crippen molar-refractivity contribution in [1.82, 2.24) is 20.9 Å². The van der Waals surface area contributed by atoms with Crippen LogP contribution in [0.25, 0.3) is 0 Å². The van der Waals surface area contributed by atoms with Gasteiger partial charge in [0.2, 0.25) is 5.91 Å². The molecule has 0 saturated carbocycles. The second-order valence-corrected chi connectivity index (χ2v) is 5.17. The zero-order valence-corrected chi connectivity index (χ0v) is 14.0. The van der Waals surface area contributed by atoms with E-state index in [1.165, 1.54) is 4.90 Å². The van der Waals surface area contributed by atoms with E-state index in [9.17, 15) is 9.59 Å². The number of carbonyl (C=O) groups excluding carboxylic acids is 2. The number of urea groups is 1. The molecule has 1 fully saturated rings. The summed E-state index contributed by atoms with van der Waals surface area (Å²) in [6.07, 6.45) is 0. The summed E-state index contributed by atoms with van der Waals surface area (Å²) in [4.78, 5) is 28.7. The molecule has 1 aliphatic rings. The monoisotopic (exact) mass is 333 g/mol. The van der Waals surface area contributed by atoms with Gasteiger partial charge in [-0.05, 0) is 24.6 Å². The molecule has 8 heteroatoms. The number of carbonyl (C=O) groups is 2. The van der Waals surface area contributed by atoms with Gasteiger partial charge in [0, 0.05) is 19.6 Å². The van der Waals surface area contributed by atoms with Gasteiger partial charge in [0.15, 0.2) is 5.96 Å². The predicted molar refractivity (Wildman–Crippen MR) is 90.9 cm³/mol. The molecule has 2 rings (SSSR count). The molecule has 1 aromatic carbocycles. The van der Waals surface area contributed by atoms with Crippen LogP contribution in [0.2, 0.25) is 0 Å². The summed E-state index contributed by atoms with van der Waals surface area (Å²) in [6.45, 7) is 4.03. The maximum atomic E-state index is 11.5. The lowest BCUT2D eigenvalue weighted by Crippen LogP contribution is -2.43. The quantitative estimate of drug-likeness (QED) is 0.379. The lowest BCUT2D eigenvalue weighted by Gasteiger charge is -2.15. The smallest absolute Gasteiger partial charge is 0.324 e. The van der Waals surface area contributed by atoms with Gasteiger partial charge in [0.1, 0.15) is 5.75 Å². The number of amides is 3. The molecule has 3 amide bonds. The third-order valence-corrected chi connectivity index (χ3v) is 3.49. The Hall–Kier alpha value is -2.77. The molecule has 1 heterocycles. The topological polar surface area (TPSA) is 95.1 Å².